The Bertz CT molecular complexity index is 576. The van der Waals surface area contributed by atoms with E-state index in [1.165, 1.54) is 12.1 Å². The summed E-state index contributed by atoms with van der Waals surface area (Å²) in [6, 6.07) is 10.2. The van der Waals surface area contributed by atoms with Gasteiger partial charge in [0, 0.05) is 30.4 Å². The standard InChI is InChI=1S/C15H17NO4/c1-19-12-6-11(7-13(8-12)20-2)16-9-10-3-4-14(17)15(18)5-10/h3-8,16-18H,9H2,1-2H3. The Labute approximate surface area is 117 Å². The molecule has 2 aromatic rings. The molecule has 0 aliphatic heterocycles. The lowest BCUT2D eigenvalue weighted by molar-refractivity contribution is 0.394. The van der Waals surface area contributed by atoms with Crippen LogP contribution in [0, 0.1) is 0 Å². The molecule has 0 fully saturated rings. The van der Waals surface area contributed by atoms with Crippen LogP contribution in [0.5, 0.6) is 23.0 Å². The van der Waals surface area contributed by atoms with Gasteiger partial charge in [-0.1, -0.05) is 6.07 Å². The molecule has 106 valence electrons. The van der Waals surface area contributed by atoms with Gasteiger partial charge >= 0.3 is 0 Å². The van der Waals surface area contributed by atoms with Crippen molar-refractivity contribution in [3.8, 4) is 23.0 Å². The summed E-state index contributed by atoms with van der Waals surface area (Å²) >= 11 is 0. The Kier molecular flexibility index (Phi) is 4.20. The lowest BCUT2D eigenvalue weighted by atomic mass is 10.2. The quantitative estimate of drug-likeness (QED) is 0.732. The molecule has 0 heterocycles. The van der Waals surface area contributed by atoms with Crippen LogP contribution < -0.4 is 14.8 Å². The van der Waals surface area contributed by atoms with Crippen LogP contribution in [0.2, 0.25) is 0 Å². The Morgan fingerprint density at radius 3 is 2.10 bits per heavy atom. The maximum Gasteiger partial charge on any atom is 0.157 e. The summed E-state index contributed by atoms with van der Waals surface area (Å²) in [5, 5.41) is 21.9. The van der Waals surface area contributed by atoms with E-state index in [0.717, 1.165) is 11.3 Å². The van der Waals surface area contributed by atoms with Crippen LogP contribution in [0.3, 0.4) is 0 Å². The van der Waals surface area contributed by atoms with Crippen LogP contribution in [0.15, 0.2) is 36.4 Å². The van der Waals surface area contributed by atoms with E-state index in [-0.39, 0.29) is 11.5 Å². The highest BCUT2D eigenvalue weighted by molar-refractivity contribution is 5.54. The van der Waals surface area contributed by atoms with Gasteiger partial charge in [0.15, 0.2) is 11.5 Å². The number of benzene rings is 2. The van der Waals surface area contributed by atoms with E-state index in [0.29, 0.717) is 18.0 Å². The van der Waals surface area contributed by atoms with Crippen LogP contribution in [0.4, 0.5) is 5.69 Å². The fourth-order valence-corrected chi connectivity index (χ4v) is 1.79. The number of phenols is 2. The van der Waals surface area contributed by atoms with Crippen LogP contribution in [-0.4, -0.2) is 24.4 Å². The first-order chi connectivity index (χ1) is 9.62. The first-order valence-corrected chi connectivity index (χ1v) is 6.10. The molecule has 0 aromatic heterocycles. The molecule has 2 rings (SSSR count). The van der Waals surface area contributed by atoms with Crippen LogP contribution in [0.25, 0.3) is 0 Å². The molecule has 0 aliphatic carbocycles. The number of ether oxygens (including phenoxy) is 2. The van der Waals surface area contributed by atoms with E-state index in [4.69, 9.17) is 9.47 Å². The normalized spacial score (nSPS) is 10.1. The summed E-state index contributed by atoms with van der Waals surface area (Å²) in [6.07, 6.45) is 0. The SMILES string of the molecule is COc1cc(NCc2ccc(O)c(O)c2)cc(OC)c1. The number of rotatable bonds is 5. The molecule has 5 nitrogen and oxygen atoms in total. The molecule has 2 aromatic carbocycles. The largest absolute Gasteiger partial charge is 0.504 e. The van der Waals surface area contributed by atoms with Crippen molar-refractivity contribution in [3.05, 3.63) is 42.0 Å². The first kappa shape index (κ1) is 13.9. The molecule has 0 unspecified atom stereocenters. The summed E-state index contributed by atoms with van der Waals surface area (Å²) in [5.41, 5.74) is 1.69. The summed E-state index contributed by atoms with van der Waals surface area (Å²) < 4.78 is 10.4. The molecule has 0 spiro atoms. The molecule has 0 bridgehead atoms. The molecule has 0 saturated carbocycles. The van der Waals surface area contributed by atoms with E-state index in [1.54, 1.807) is 26.4 Å². The van der Waals surface area contributed by atoms with Gasteiger partial charge in [-0.25, -0.2) is 0 Å². The smallest absolute Gasteiger partial charge is 0.157 e. The van der Waals surface area contributed by atoms with E-state index in [2.05, 4.69) is 5.32 Å². The molecule has 20 heavy (non-hydrogen) atoms. The van der Waals surface area contributed by atoms with Crippen molar-refractivity contribution >= 4 is 5.69 Å². The predicted molar refractivity (Wildman–Crippen MR) is 76.6 cm³/mol. The summed E-state index contributed by atoms with van der Waals surface area (Å²) in [6.45, 7) is 0.504. The second-order valence-corrected chi connectivity index (χ2v) is 4.28. The van der Waals surface area contributed by atoms with Crippen molar-refractivity contribution in [3.63, 3.8) is 0 Å². The number of phenolic OH excluding ortho intramolecular Hbond substituents is 2. The molecule has 0 saturated heterocycles. The molecule has 0 aliphatic rings. The van der Waals surface area contributed by atoms with E-state index in [9.17, 15) is 10.2 Å². The number of anilines is 1. The van der Waals surface area contributed by atoms with Crippen LogP contribution in [-0.2, 0) is 6.54 Å². The number of nitrogens with one attached hydrogen (secondary N) is 1. The molecule has 5 heteroatoms. The zero-order valence-corrected chi connectivity index (χ0v) is 11.4. The van der Waals surface area contributed by atoms with Gasteiger partial charge in [0.25, 0.3) is 0 Å². The van der Waals surface area contributed by atoms with Crippen molar-refractivity contribution in [1.82, 2.24) is 0 Å². The van der Waals surface area contributed by atoms with Crippen molar-refractivity contribution in [1.29, 1.82) is 0 Å². The second-order valence-electron chi connectivity index (χ2n) is 4.28. The molecule has 0 amide bonds. The topological polar surface area (TPSA) is 71.0 Å². The van der Waals surface area contributed by atoms with Crippen LogP contribution >= 0.6 is 0 Å². The van der Waals surface area contributed by atoms with Gasteiger partial charge < -0.3 is 25.0 Å². The first-order valence-electron chi connectivity index (χ1n) is 6.10. The fraction of sp³-hybridized carbons (Fsp3) is 0.200. The summed E-state index contributed by atoms with van der Waals surface area (Å²) in [4.78, 5) is 0. The maximum atomic E-state index is 9.44. The van der Waals surface area contributed by atoms with Gasteiger partial charge in [0.2, 0.25) is 0 Å². The molecular weight excluding hydrogens is 258 g/mol. The van der Waals surface area contributed by atoms with E-state index in [1.807, 2.05) is 12.1 Å². The van der Waals surface area contributed by atoms with Gasteiger partial charge in [0.1, 0.15) is 11.5 Å². The highest BCUT2D eigenvalue weighted by Crippen LogP contribution is 2.28. The van der Waals surface area contributed by atoms with Gasteiger partial charge in [-0.2, -0.15) is 0 Å². The second kappa shape index (κ2) is 6.06. The zero-order valence-electron chi connectivity index (χ0n) is 11.4. The van der Waals surface area contributed by atoms with Gasteiger partial charge in [-0.15, -0.1) is 0 Å². The van der Waals surface area contributed by atoms with Crippen molar-refractivity contribution in [2.75, 3.05) is 19.5 Å². The molecule has 3 N–H and O–H groups in total. The Balaban J connectivity index is 2.11. The van der Waals surface area contributed by atoms with E-state index >= 15 is 0 Å². The predicted octanol–water partition coefficient (Wildman–Crippen LogP) is 2.73. The van der Waals surface area contributed by atoms with E-state index < -0.39 is 0 Å². The van der Waals surface area contributed by atoms with Gasteiger partial charge in [0.05, 0.1) is 14.2 Å². The molecule has 0 atom stereocenters. The van der Waals surface area contributed by atoms with Crippen molar-refractivity contribution in [2.45, 2.75) is 6.54 Å². The number of hydrogen-bond donors (Lipinski definition) is 3. The van der Waals surface area contributed by atoms with Crippen molar-refractivity contribution in [2.24, 2.45) is 0 Å². The third-order valence-corrected chi connectivity index (χ3v) is 2.89. The number of aromatic hydroxyl groups is 2. The van der Waals surface area contributed by atoms with Crippen LogP contribution in [0.1, 0.15) is 5.56 Å². The lowest BCUT2D eigenvalue weighted by Gasteiger charge is -2.11. The summed E-state index contributed by atoms with van der Waals surface area (Å²) in [7, 11) is 3.19. The minimum Gasteiger partial charge on any atom is -0.504 e. The molecule has 0 radical (unpaired) electrons. The van der Waals surface area contributed by atoms with Gasteiger partial charge in [-0.3, -0.25) is 0 Å². The fourth-order valence-electron chi connectivity index (χ4n) is 1.79. The average molecular weight is 275 g/mol. The third-order valence-electron chi connectivity index (χ3n) is 2.89. The zero-order chi connectivity index (χ0) is 14.5. The van der Waals surface area contributed by atoms with Crippen molar-refractivity contribution < 1.29 is 19.7 Å². The summed E-state index contributed by atoms with van der Waals surface area (Å²) in [5.74, 6) is 1.13. The molecular formula is C15H17NO4. The lowest BCUT2D eigenvalue weighted by Crippen LogP contribution is -2.00. The Morgan fingerprint density at radius 2 is 1.55 bits per heavy atom. The maximum absolute atomic E-state index is 9.44. The highest BCUT2D eigenvalue weighted by Gasteiger charge is 2.03. The highest BCUT2D eigenvalue weighted by atomic mass is 16.5. The number of hydrogen-bond acceptors (Lipinski definition) is 5. The number of methoxy groups -OCH3 is 2. The Morgan fingerprint density at radius 1 is 0.900 bits per heavy atom. The average Bonchev–Trinajstić information content (AvgIpc) is 2.48. The minimum absolute atomic E-state index is 0.128. The minimum atomic E-state index is -0.132. The third kappa shape index (κ3) is 3.26. The monoisotopic (exact) mass is 275 g/mol. The Hall–Kier alpha value is -2.56. The van der Waals surface area contributed by atoms with Gasteiger partial charge in [-0.05, 0) is 17.7 Å².